The van der Waals surface area contributed by atoms with Crippen LogP contribution in [0, 0.1) is 5.82 Å². The molecule has 1 atom stereocenters. The molecule has 0 bridgehead atoms. The van der Waals surface area contributed by atoms with E-state index in [0.29, 0.717) is 18.6 Å². The van der Waals surface area contributed by atoms with Crippen LogP contribution in [0.4, 0.5) is 4.39 Å². The predicted octanol–water partition coefficient (Wildman–Crippen LogP) is 4.27. The number of rotatable bonds is 5. The molecule has 0 fully saturated rings. The zero-order valence-electron chi connectivity index (χ0n) is 10.5. The van der Waals surface area contributed by atoms with Crippen molar-refractivity contribution in [1.29, 1.82) is 0 Å². The van der Waals surface area contributed by atoms with Crippen molar-refractivity contribution in [2.75, 3.05) is 6.61 Å². The first-order chi connectivity index (χ1) is 7.95. The average molecular weight is 294 g/mol. The smallest absolute Gasteiger partial charge is 0.173 e. The van der Waals surface area contributed by atoms with Crippen LogP contribution < -0.4 is 10.5 Å². The van der Waals surface area contributed by atoms with Gasteiger partial charge in [0.05, 0.1) is 11.6 Å². The van der Waals surface area contributed by atoms with Crippen LogP contribution >= 0.6 is 24.0 Å². The summed E-state index contributed by atoms with van der Waals surface area (Å²) in [4.78, 5) is 0. The van der Waals surface area contributed by atoms with Crippen LogP contribution in [0.3, 0.4) is 0 Å². The van der Waals surface area contributed by atoms with Crippen LogP contribution in [-0.4, -0.2) is 6.61 Å². The van der Waals surface area contributed by atoms with Gasteiger partial charge in [-0.2, -0.15) is 0 Å². The Labute approximate surface area is 118 Å². The van der Waals surface area contributed by atoms with Crippen molar-refractivity contribution in [3.05, 3.63) is 40.7 Å². The lowest BCUT2D eigenvalue weighted by molar-refractivity contribution is 0.321. The van der Waals surface area contributed by atoms with E-state index < -0.39 is 5.82 Å². The lowest BCUT2D eigenvalue weighted by Gasteiger charge is -2.14. The quantitative estimate of drug-likeness (QED) is 0.823. The fourth-order valence-corrected chi connectivity index (χ4v) is 1.84. The summed E-state index contributed by atoms with van der Waals surface area (Å²) >= 11 is 5.95. The first-order valence-electron chi connectivity index (χ1n) is 5.47. The van der Waals surface area contributed by atoms with E-state index in [2.05, 4.69) is 6.58 Å². The third-order valence-electron chi connectivity index (χ3n) is 2.31. The summed E-state index contributed by atoms with van der Waals surface area (Å²) in [6, 6.07) is 2.71. The summed E-state index contributed by atoms with van der Waals surface area (Å²) in [6.07, 6.45) is 0.601. The highest BCUT2D eigenvalue weighted by Crippen LogP contribution is 2.32. The van der Waals surface area contributed by atoms with Gasteiger partial charge in [-0.15, -0.1) is 19.0 Å². The number of hydrogen-bond donors (Lipinski definition) is 1. The second-order valence-corrected chi connectivity index (χ2v) is 4.42. The molecule has 0 heterocycles. The molecule has 0 amide bonds. The number of hydrogen-bond acceptors (Lipinski definition) is 2. The van der Waals surface area contributed by atoms with E-state index in [0.717, 1.165) is 5.57 Å². The number of halogens is 3. The summed E-state index contributed by atoms with van der Waals surface area (Å²) in [7, 11) is 0. The highest BCUT2D eigenvalue weighted by atomic mass is 35.5. The maximum absolute atomic E-state index is 13.7. The van der Waals surface area contributed by atoms with Crippen molar-refractivity contribution in [1.82, 2.24) is 0 Å². The summed E-state index contributed by atoms with van der Waals surface area (Å²) in [5.74, 6) is -0.396. The van der Waals surface area contributed by atoms with Gasteiger partial charge < -0.3 is 10.5 Å². The average Bonchev–Trinajstić information content (AvgIpc) is 2.22. The molecule has 0 aliphatic carbocycles. The molecular formula is C13H18Cl2FNO. The van der Waals surface area contributed by atoms with Crippen LogP contribution in [0.15, 0.2) is 24.3 Å². The van der Waals surface area contributed by atoms with Crippen LogP contribution in [0.1, 0.15) is 31.9 Å². The highest BCUT2D eigenvalue weighted by Gasteiger charge is 2.14. The van der Waals surface area contributed by atoms with Gasteiger partial charge in [0.25, 0.3) is 0 Å². The predicted molar refractivity (Wildman–Crippen MR) is 76.2 cm³/mol. The monoisotopic (exact) mass is 293 g/mol. The Bertz CT molecular complexity index is 400. The van der Waals surface area contributed by atoms with E-state index in [4.69, 9.17) is 22.1 Å². The molecule has 0 aromatic heterocycles. The van der Waals surface area contributed by atoms with E-state index in [1.165, 1.54) is 6.07 Å². The topological polar surface area (TPSA) is 35.2 Å². The molecule has 0 radical (unpaired) electrons. The van der Waals surface area contributed by atoms with Crippen LogP contribution in [0.2, 0.25) is 5.02 Å². The normalized spacial score (nSPS) is 11.6. The third-order valence-corrected chi connectivity index (χ3v) is 2.59. The Hall–Kier alpha value is -0.770. The molecule has 0 saturated heterocycles. The number of benzene rings is 1. The maximum atomic E-state index is 13.7. The van der Waals surface area contributed by atoms with Gasteiger partial charge in [0.1, 0.15) is 0 Å². The largest absolute Gasteiger partial charge is 0.489 e. The minimum atomic E-state index is -0.480. The van der Waals surface area contributed by atoms with Gasteiger partial charge in [0.2, 0.25) is 0 Å². The molecule has 0 spiro atoms. The van der Waals surface area contributed by atoms with Crippen LogP contribution in [0.5, 0.6) is 5.75 Å². The first-order valence-corrected chi connectivity index (χ1v) is 5.85. The molecule has 18 heavy (non-hydrogen) atoms. The highest BCUT2D eigenvalue weighted by molar-refractivity contribution is 6.32. The minimum Gasteiger partial charge on any atom is -0.489 e. The van der Waals surface area contributed by atoms with Gasteiger partial charge in [-0.1, -0.05) is 17.2 Å². The summed E-state index contributed by atoms with van der Waals surface area (Å²) in [5, 5.41) is 0.249. The fourth-order valence-electron chi connectivity index (χ4n) is 1.57. The molecule has 0 saturated carbocycles. The molecule has 5 heteroatoms. The van der Waals surface area contributed by atoms with E-state index in [1.54, 1.807) is 13.0 Å². The van der Waals surface area contributed by atoms with Gasteiger partial charge in [-0.3, -0.25) is 0 Å². The zero-order valence-corrected chi connectivity index (χ0v) is 12.1. The van der Waals surface area contributed by atoms with E-state index in [-0.39, 0.29) is 29.2 Å². The molecule has 2 N–H and O–H groups in total. The Morgan fingerprint density at radius 3 is 2.61 bits per heavy atom. The summed E-state index contributed by atoms with van der Waals surface area (Å²) < 4.78 is 18.8. The molecule has 2 nitrogen and oxygen atoms in total. The Morgan fingerprint density at radius 1 is 1.56 bits per heavy atom. The molecule has 1 aromatic carbocycles. The number of nitrogens with two attached hydrogens (primary N) is 1. The van der Waals surface area contributed by atoms with Crippen molar-refractivity contribution in [3.8, 4) is 5.75 Å². The fraction of sp³-hybridized carbons (Fsp3) is 0.385. The van der Waals surface area contributed by atoms with Crippen molar-refractivity contribution in [2.24, 2.45) is 5.73 Å². The van der Waals surface area contributed by atoms with Gasteiger partial charge in [0, 0.05) is 6.04 Å². The Balaban J connectivity index is 0.00000289. The molecule has 0 aliphatic rings. The molecule has 0 unspecified atom stereocenters. The van der Waals surface area contributed by atoms with E-state index in [9.17, 15) is 4.39 Å². The molecule has 1 aromatic rings. The second kappa shape index (κ2) is 7.62. The maximum Gasteiger partial charge on any atom is 0.173 e. The molecular weight excluding hydrogens is 276 g/mol. The van der Waals surface area contributed by atoms with Gasteiger partial charge in [-0.25, -0.2) is 4.39 Å². The van der Waals surface area contributed by atoms with Gasteiger partial charge >= 0.3 is 0 Å². The lowest BCUT2D eigenvalue weighted by atomic mass is 10.0. The molecule has 102 valence electrons. The van der Waals surface area contributed by atoms with Crippen molar-refractivity contribution < 1.29 is 9.13 Å². The first kappa shape index (κ1) is 17.2. The van der Waals surface area contributed by atoms with Gasteiger partial charge in [-0.05, 0) is 38.0 Å². The molecule has 1 rings (SSSR count). The standard InChI is InChI=1S/C13H17ClFNO.ClH/c1-4-17-13-10(14)6-9(7-11(13)15)12(16)5-8(2)3;/h6-7,12H,2,4-5,16H2,1,3H3;1H/t12-;/m1./s1. The summed E-state index contributed by atoms with van der Waals surface area (Å²) in [6.45, 7) is 7.81. The Morgan fingerprint density at radius 2 is 2.17 bits per heavy atom. The SMILES string of the molecule is C=C(C)C[C@@H](N)c1cc(F)c(OCC)c(Cl)c1.Cl. The van der Waals surface area contributed by atoms with Crippen molar-refractivity contribution >= 4 is 24.0 Å². The minimum absolute atomic E-state index is 0. The summed E-state index contributed by atoms with van der Waals surface area (Å²) in [5.41, 5.74) is 7.53. The second-order valence-electron chi connectivity index (χ2n) is 4.01. The van der Waals surface area contributed by atoms with Crippen molar-refractivity contribution in [2.45, 2.75) is 26.3 Å². The Kier molecular flexibility index (Phi) is 7.29. The van der Waals surface area contributed by atoms with Crippen molar-refractivity contribution in [3.63, 3.8) is 0 Å². The van der Waals surface area contributed by atoms with Crippen LogP contribution in [0.25, 0.3) is 0 Å². The van der Waals surface area contributed by atoms with Gasteiger partial charge in [0.15, 0.2) is 11.6 Å². The van der Waals surface area contributed by atoms with E-state index in [1.807, 2.05) is 6.92 Å². The van der Waals surface area contributed by atoms with E-state index >= 15 is 0 Å². The molecule has 0 aliphatic heterocycles. The third kappa shape index (κ3) is 4.48. The zero-order chi connectivity index (χ0) is 13.0. The van der Waals surface area contributed by atoms with Crippen LogP contribution in [-0.2, 0) is 0 Å². The lowest BCUT2D eigenvalue weighted by Crippen LogP contribution is -2.11. The number of ether oxygens (including phenoxy) is 1.